The summed E-state index contributed by atoms with van der Waals surface area (Å²) in [5.74, 6) is 1.43. The van der Waals surface area contributed by atoms with Crippen LogP contribution in [-0.4, -0.2) is 51.8 Å². The number of carbonyl (C=O) groups is 1. The molecule has 0 radical (unpaired) electrons. The van der Waals surface area contributed by atoms with Crippen LogP contribution in [0.5, 0.6) is 0 Å². The summed E-state index contributed by atoms with van der Waals surface area (Å²) in [6.45, 7) is 8.42. The summed E-state index contributed by atoms with van der Waals surface area (Å²) < 4.78 is 18.7. The number of rotatable bonds is 5. The van der Waals surface area contributed by atoms with E-state index in [4.69, 9.17) is 9.78 Å². The van der Waals surface area contributed by atoms with Gasteiger partial charge in [-0.25, -0.2) is 4.39 Å². The Morgan fingerprint density at radius 1 is 1.48 bits per heavy atom. The third kappa shape index (κ3) is 3.70. The predicted molar refractivity (Wildman–Crippen MR) is 96.3 cm³/mol. The summed E-state index contributed by atoms with van der Waals surface area (Å²) in [7, 11) is 0. The second kappa shape index (κ2) is 7.19. The summed E-state index contributed by atoms with van der Waals surface area (Å²) in [5.41, 5.74) is -0.340. The third-order valence-corrected chi connectivity index (χ3v) is 6.78. The first-order valence-corrected chi connectivity index (χ1v) is 9.53. The molecule has 7 nitrogen and oxygen atoms in total. The van der Waals surface area contributed by atoms with Crippen molar-refractivity contribution in [2.24, 2.45) is 11.3 Å². The average Bonchev–Trinajstić information content (AvgIpc) is 3.26. The molecule has 3 rings (SSSR count). The lowest BCUT2D eigenvalue weighted by Crippen LogP contribution is -2.55. The molecule has 0 unspecified atom stereocenters. The highest BCUT2D eigenvalue weighted by Gasteiger charge is 2.51. The molecule has 1 saturated heterocycles. The highest BCUT2D eigenvalue weighted by Crippen LogP contribution is 2.51. The van der Waals surface area contributed by atoms with E-state index in [0.717, 1.165) is 19.3 Å². The molecule has 1 aliphatic heterocycles. The van der Waals surface area contributed by atoms with E-state index in [0.29, 0.717) is 17.6 Å². The molecular weight excluding hydrogens is 349 g/mol. The quantitative estimate of drug-likeness (QED) is 0.845. The maximum absolute atomic E-state index is 13.6. The Morgan fingerprint density at radius 3 is 2.85 bits per heavy atom. The van der Waals surface area contributed by atoms with Gasteiger partial charge in [-0.3, -0.25) is 4.79 Å². The number of hydrogen-bond donors (Lipinski definition) is 1. The first-order chi connectivity index (χ1) is 12.7. The van der Waals surface area contributed by atoms with Gasteiger partial charge in [0.15, 0.2) is 5.82 Å². The fourth-order valence-corrected chi connectivity index (χ4v) is 4.47. The van der Waals surface area contributed by atoms with Crippen molar-refractivity contribution in [3.8, 4) is 6.07 Å². The van der Waals surface area contributed by atoms with Crippen LogP contribution in [0.15, 0.2) is 4.52 Å². The van der Waals surface area contributed by atoms with Crippen molar-refractivity contribution in [1.29, 1.82) is 5.26 Å². The zero-order valence-corrected chi connectivity index (χ0v) is 16.5. The number of amides is 1. The minimum Gasteiger partial charge on any atom is -0.340 e. The van der Waals surface area contributed by atoms with E-state index < -0.39 is 12.2 Å². The molecule has 148 valence electrons. The molecule has 0 spiro atoms. The van der Waals surface area contributed by atoms with Gasteiger partial charge in [-0.2, -0.15) is 10.2 Å². The zero-order valence-electron chi connectivity index (χ0n) is 16.5. The van der Waals surface area contributed by atoms with Crippen molar-refractivity contribution >= 4 is 5.91 Å². The number of nitrogens with zero attached hydrogens (tertiary/aromatic N) is 4. The largest absolute Gasteiger partial charge is 0.340 e. The van der Waals surface area contributed by atoms with Crippen molar-refractivity contribution in [1.82, 2.24) is 20.4 Å². The number of alkyl halides is 1. The molecule has 1 aromatic heterocycles. The smallest absolute Gasteiger partial charge is 0.237 e. The topological polar surface area (TPSA) is 95.1 Å². The number of aryl methyl sites for hydroxylation is 1. The van der Waals surface area contributed by atoms with E-state index in [1.165, 1.54) is 4.90 Å². The second-order valence-electron chi connectivity index (χ2n) is 8.60. The van der Waals surface area contributed by atoms with Gasteiger partial charge in [-0.1, -0.05) is 19.0 Å². The molecule has 4 atom stereocenters. The van der Waals surface area contributed by atoms with Crippen LogP contribution in [0.2, 0.25) is 0 Å². The van der Waals surface area contributed by atoms with Gasteiger partial charge in [0.1, 0.15) is 12.2 Å². The van der Waals surface area contributed by atoms with Gasteiger partial charge >= 0.3 is 0 Å². The summed E-state index contributed by atoms with van der Waals surface area (Å²) in [5, 5.41) is 16.6. The molecule has 1 aliphatic carbocycles. The summed E-state index contributed by atoms with van der Waals surface area (Å²) in [6.07, 6.45) is 1.65. The van der Waals surface area contributed by atoms with Crippen molar-refractivity contribution < 1.29 is 13.7 Å². The first kappa shape index (κ1) is 19.7. The summed E-state index contributed by atoms with van der Waals surface area (Å²) >= 11 is 0. The third-order valence-electron chi connectivity index (χ3n) is 6.78. The number of nitriles is 1. The van der Waals surface area contributed by atoms with Crippen molar-refractivity contribution in [2.75, 3.05) is 13.1 Å². The van der Waals surface area contributed by atoms with E-state index >= 15 is 0 Å². The normalized spacial score (nSPS) is 32.6. The maximum Gasteiger partial charge on any atom is 0.237 e. The summed E-state index contributed by atoms with van der Waals surface area (Å²) in [4.78, 5) is 18.2. The highest BCUT2D eigenvalue weighted by molar-refractivity contribution is 5.79. The van der Waals surface area contributed by atoms with Crippen molar-refractivity contribution in [3.05, 3.63) is 11.7 Å². The molecule has 2 fully saturated rings. The van der Waals surface area contributed by atoms with Crippen LogP contribution in [0.25, 0.3) is 0 Å². The minimum atomic E-state index is -1.11. The lowest BCUT2D eigenvalue weighted by Gasteiger charge is -2.42. The van der Waals surface area contributed by atoms with Gasteiger partial charge in [0.25, 0.3) is 0 Å². The average molecular weight is 377 g/mol. The molecule has 8 heteroatoms. The predicted octanol–water partition coefficient (Wildman–Crippen LogP) is 2.17. The van der Waals surface area contributed by atoms with Crippen LogP contribution >= 0.6 is 0 Å². The van der Waals surface area contributed by atoms with E-state index in [2.05, 4.69) is 36.2 Å². The van der Waals surface area contributed by atoms with Crippen LogP contribution < -0.4 is 5.32 Å². The van der Waals surface area contributed by atoms with Crippen molar-refractivity contribution in [3.63, 3.8) is 0 Å². The van der Waals surface area contributed by atoms with E-state index in [1.54, 1.807) is 6.92 Å². The molecule has 1 amide bonds. The Balaban J connectivity index is 1.62. The van der Waals surface area contributed by atoms with Gasteiger partial charge in [-0.05, 0) is 31.1 Å². The molecule has 2 heterocycles. The van der Waals surface area contributed by atoms with E-state index in [-0.39, 0.29) is 36.4 Å². The Hall–Kier alpha value is -2.01. The molecule has 1 N–H and O–H groups in total. The number of nitrogens with one attached hydrogen (secondary N) is 1. The van der Waals surface area contributed by atoms with Gasteiger partial charge in [0.2, 0.25) is 11.8 Å². The van der Waals surface area contributed by atoms with Crippen LogP contribution in [0.4, 0.5) is 4.39 Å². The lowest BCUT2D eigenvalue weighted by atomic mass is 9.70. The SMILES string of the molecule is Cc1nc(C[C@H]2CC[C@@](C)(NCC(=O)N3C[C@@H](F)C[C@H]3C#N)C2(C)C)no1. The number of halogens is 1. The standard InChI is InChI=1S/C19H28FN5O2/c1-12-23-16(24-27-12)7-13-5-6-19(4,18(13,2)3)22-10-17(26)25-11-14(20)8-15(25)9-21/h13-15,22H,5-8,10-11H2,1-4H3/t13-,14+,15+,19-/m1/s1. The van der Waals surface area contributed by atoms with Crippen molar-refractivity contribution in [2.45, 2.75) is 71.1 Å². The van der Waals surface area contributed by atoms with Gasteiger partial charge in [0.05, 0.1) is 19.2 Å². The molecule has 1 aromatic rings. The fraction of sp³-hybridized carbons (Fsp3) is 0.789. The van der Waals surface area contributed by atoms with Crippen LogP contribution in [0, 0.1) is 29.6 Å². The number of aromatic nitrogens is 2. The highest BCUT2D eigenvalue weighted by atomic mass is 19.1. The number of hydrogen-bond acceptors (Lipinski definition) is 6. The molecule has 0 aromatic carbocycles. The van der Waals surface area contributed by atoms with Gasteiger partial charge < -0.3 is 14.7 Å². The lowest BCUT2D eigenvalue weighted by molar-refractivity contribution is -0.131. The molecule has 0 bridgehead atoms. The molecule has 2 aliphatic rings. The molecular formula is C19H28FN5O2. The molecule has 27 heavy (non-hydrogen) atoms. The summed E-state index contributed by atoms with van der Waals surface area (Å²) in [6, 6.07) is 1.37. The number of carbonyl (C=O) groups excluding carboxylic acids is 1. The first-order valence-electron chi connectivity index (χ1n) is 9.53. The Labute approximate surface area is 159 Å². The fourth-order valence-electron chi connectivity index (χ4n) is 4.47. The Kier molecular flexibility index (Phi) is 5.26. The van der Waals surface area contributed by atoms with Gasteiger partial charge in [0, 0.05) is 25.3 Å². The van der Waals surface area contributed by atoms with E-state index in [1.807, 2.05) is 6.07 Å². The molecule has 1 saturated carbocycles. The van der Waals surface area contributed by atoms with Gasteiger partial charge in [-0.15, -0.1) is 0 Å². The van der Waals surface area contributed by atoms with E-state index in [9.17, 15) is 9.18 Å². The Bertz CT molecular complexity index is 743. The van der Waals surface area contributed by atoms with Crippen LogP contribution in [0.3, 0.4) is 0 Å². The van der Waals surface area contributed by atoms with Crippen LogP contribution in [-0.2, 0) is 11.2 Å². The number of likely N-dealkylation sites (tertiary alicyclic amines) is 1. The maximum atomic E-state index is 13.6. The van der Waals surface area contributed by atoms with Crippen LogP contribution in [0.1, 0.15) is 51.7 Å². The minimum absolute atomic E-state index is 0.0126. The Morgan fingerprint density at radius 2 is 2.22 bits per heavy atom. The second-order valence-corrected chi connectivity index (χ2v) is 8.60. The monoisotopic (exact) mass is 377 g/mol. The zero-order chi connectivity index (χ0) is 19.8.